The molecule has 0 aliphatic heterocycles. The quantitative estimate of drug-likeness (QED) is 0.812. The van der Waals surface area contributed by atoms with E-state index in [-0.39, 0.29) is 10.5 Å². The number of nitrogens with one attached hydrogen (secondary N) is 1. The fourth-order valence-corrected chi connectivity index (χ4v) is 3.64. The summed E-state index contributed by atoms with van der Waals surface area (Å²) in [6.07, 6.45) is 0. The minimum atomic E-state index is -4.00. The predicted octanol–water partition coefficient (Wildman–Crippen LogP) is 2.48. The van der Waals surface area contributed by atoms with E-state index in [4.69, 9.17) is 21.6 Å². The van der Waals surface area contributed by atoms with Gasteiger partial charge in [0, 0.05) is 12.1 Å². The minimum Gasteiger partial charge on any atom is -0.495 e. The molecule has 0 unspecified atom stereocenters. The minimum absolute atomic E-state index is 0.0104. The number of hydrogen-bond acceptors (Lipinski definition) is 5. The number of amides is 1. The van der Waals surface area contributed by atoms with E-state index in [1.807, 2.05) is 6.07 Å². The monoisotopic (exact) mass is 393 g/mol. The highest BCUT2D eigenvalue weighted by Crippen LogP contribution is 2.27. The highest BCUT2D eigenvalue weighted by Gasteiger charge is 2.25. The Labute approximate surface area is 156 Å². The van der Waals surface area contributed by atoms with Gasteiger partial charge in [-0.1, -0.05) is 23.7 Å². The zero-order valence-corrected chi connectivity index (χ0v) is 15.6. The maximum Gasteiger partial charge on any atom is 0.244 e. The van der Waals surface area contributed by atoms with Crippen molar-refractivity contribution in [3.05, 3.63) is 53.1 Å². The first-order valence-electron chi connectivity index (χ1n) is 7.38. The average molecular weight is 394 g/mol. The molecule has 0 bridgehead atoms. The molecule has 136 valence electrons. The van der Waals surface area contributed by atoms with Crippen LogP contribution in [0.15, 0.2) is 47.4 Å². The normalized spacial score (nSPS) is 11.0. The molecule has 26 heavy (non-hydrogen) atoms. The van der Waals surface area contributed by atoms with Gasteiger partial charge in [-0.05, 0) is 30.3 Å². The molecule has 0 aromatic heterocycles. The molecule has 0 spiro atoms. The third-order valence-electron chi connectivity index (χ3n) is 3.50. The Morgan fingerprint density at radius 2 is 2.00 bits per heavy atom. The number of ether oxygens (including phenoxy) is 1. The molecule has 0 saturated heterocycles. The van der Waals surface area contributed by atoms with Gasteiger partial charge in [-0.15, -0.1) is 0 Å². The molecule has 0 atom stereocenters. The van der Waals surface area contributed by atoms with Gasteiger partial charge in [-0.25, -0.2) is 8.42 Å². The van der Waals surface area contributed by atoms with Gasteiger partial charge in [-0.3, -0.25) is 4.79 Å². The summed E-state index contributed by atoms with van der Waals surface area (Å²) < 4.78 is 31.3. The van der Waals surface area contributed by atoms with E-state index in [0.29, 0.717) is 16.5 Å². The Bertz CT molecular complexity index is 970. The van der Waals surface area contributed by atoms with Crippen molar-refractivity contribution in [1.82, 2.24) is 4.31 Å². The molecule has 0 fully saturated rings. The summed E-state index contributed by atoms with van der Waals surface area (Å²) in [5.74, 6) is -0.186. The second kappa shape index (κ2) is 8.19. The Morgan fingerprint density at radius 1 is 1.31 bits per heavy atom. The fraction of sp³-hybridized carbons (Fsp3) is 0.176. The zero-order valence-electron chi connectivity index (χ0n) is 14.1. The second-order valence-electron chi connectivity index (χ2n) is 5.26. The lowest BCUT2D eigenvalue weighted by molar-refractivity contribution is -0.116. The number of sulfonamides is 1. The number of benzene rings is 2. The lowest BCUT2D eigenvalue weighted by Gasteiger charge is -2.18. The van der Waals surface area contributed by atoms with Crippen LogP contribution in [0.5, 0.6) is 5.75 Å². The van der Waals surface area contributed by atoms with Crippen molar-refractivity contribution in [1.29, 1.82) is 5.26 Å². The van der Waals surface area contributed by atoms with Crippen LogP contribution in [-0.4, -0.2) is 39.3 Å². The van der Waals surface area contributed by atoms with Crippen LogP contribution >= 0.6 is 11.6 Å². The van der Waals surface area contributed by atoms with Crippen LogP contribution in [0, 0.1) is 11.3 Å². The maximum absolute atomic E-state index is 12.6. The van der Waals surface area contributed by atoms with Crippen molar-refractivity contribution in [3.63, 3.8) is 0 Å². The van der Waals surface area contributed by atoms with Crippen molar-refractivity contribution in [2.45, 2.75) is 4.90 Å². The van der Waals surface area contributed by atoms with Crippen molar-refractivity contribution < 1.29 is 17.9 Å². The molecule has 0 aliphatic carbocycles. The van der Waals surface area contributed by atoms with Gasteiger partial charge >= 0.3 is 0 Å². The smallest absolute Gasteiger partial charge is 0.244 e. The number of rotatable bonds is 6. The number of carbonyl (C=O) groups is 1. The van der Waals surface area contributed by atoms with Gasteiger partial charge in [0.2, 0.25) is 15.9 Å². The highest BCUT2D eigenvalue weighted by atomic mass is 35.5. The maximum atomic E-state index is 12.6. The molecule has 9 heteroatoms. The van der Waals surface area contributed by atoms with E-state index < -0.39 is 22.5 Å². The number of likely N-dealkylation sites (N-methyl/N-ethyl adjacent to an activating group) is 1. The molecular weight excluding hydrogens is 378 g/mol. The number of nitrogens with zero attached hydrogens (tertiary/aromatic N) is 2. The van der Waals surface area contributed by atoms with Crippen molar-refractivity contribution in [2.75, 3.05) is 26.0 Å². The molecule has 1 amide bonds. The molecule has 0 aliphatic rings. The Balaban J connectivity index is 2.19. The lowest BCUT2D eigenvalue weighted by atomic mass is 10.2. The van der Waals surface area contributed by atoms with Crippen LogP contribution in [0.4, 0.5) is 5.69 Å². The van der Waals surface area contributed by atoms with Crippen LogP contribution in [0.1, 0.15) is 5.56 Å². The Kier molecular flexibility index (Phi) is 6.21. The Morgan fingerprint density at radius 3 is 2.65 bits per heavy atom. The van der Waals surface area contributed by atoms with Crippen molar-refractivity contribution in [2.24, 2.45) is 0 Å². The molecule has 2 aromatic rings. The Hall–Kier alpha value is -2.60. The molecule has 2 aromatic carbocycles. The highest BCUT2D eigenvalue weighted by molar-refractivity contribution is 7.89. The first kappa shape index (κ1) is 19.7. The second-order valence-corrected chi connectivity index (χ2v) is 7.71. The molecule has 0 saturated carbocycles. The zero-order chi connectivity index (χ0) is 19.3. The summed E-state index contributed by atoms with van der Waals surface area (Å²) in [6.45, 7) is -0.447. The summed E-state index contributed by atoms with van der Waals surface area (Å²) >= 11 is 5.91. The number of nitriles is 1. The van der Waals surface area contributed by atoms with Crippen LogP contribution < -0.4 is 10.1 Å². The van der Waals surface area contributed by atoms with E-state index in [0.717, 1.165) is 4.31 Å². The first-order chi connectivity index (χ1) is 12.3. The van der Waals surface area contributed by atoms with Gasteiger partial charge in [0.25, 0.3) is 0 Å². The van der Waals surface area contributed by atoms with E-state index in [1.54, 1.807) is 18.2 Å². The summed E-state index contributed by atoms with van der Waals surface area (Å²) in [5, 5.41) is 12.0. The van der Waals surface area contributed by atoms with E-state index in [1.165, 1.54) is 38.4 Å². The SMILES string of the molecule is COc1ccc(Cl)cc1NC(=O)CN(C)S(=O)(=O)c1ccccc1C#N. The lowest BCUT2D eigenvalue weighted by Crippen LogP contribution is -2.35. The largest absolute Gasteiger partial charge is 0.495 e. The van der Waals surface area contributed by atoms with Crippen LogP contribution in [0.3, 0.4) is 0 Å². The van der Waals surface area contributed by atoms with E-state index in [9.17, 15) is 13.2 Å². The van der Waals surface area contributed by atoms with E-state index in [2.05, 4.69) is 5.32 Å². The van der Waals surface area contributed by atoms with Crippen molar-refractivity contribution in [3.8, 4) is 11.8 Å². The molecule has 2 rings (SSSR count). The number of methoxy groups -OCH3 is 1. The summed E-state index contributed by atoms with van der Waals surface area (Å²) in [5.41, 5.74) is 0.337. The molecular formula is C17H16ClN3O4S. The van der Waals surface area contributed by atoms with Crippen molar-refractivity contribution >= 4 is 33.2 Å². The topological polar surface area (TPSA) is 99.5 Å². The number of halogens is 1. The summed E-state index contributed by atoms with van der Waals surface area (Å²) in [6, 6.07) is 12.3. The molecule has 0 radical (unpaired) electrons. The van der Waals surface area contributed by atoms with Gasteiger partial charge in [0.1, 0.15) is 11.8 Å². The molecule has 1 N–H and O–H groups in total. The van der Waals surface area contributed by atoms with Crippen LogP contribution in [0.25, 0.3) is 0 Å². The van der Waals surface area contributed by atoms with Gasteiger partial charge in [0.15, 0.2) is 0 Å². The number of carbonyl (C=O) groups excluding carboxylic acids is 1. The van der Waals surface area contributed by atoms with Gasteiger partial charge < -0.3 is 10.1 Å². The van der Waals surface area contributed by atoms with Gasteiger partial charge in [0.05, 0.1) is 29.8 Å². The fourth-order valence-electron chi connectivity index (χ4n) is 2.21. The number of anilines is 1. The third kappa shape index (κ3) is 4.32. The molecule has 7 nitrogen and oxygen atoms in total. The average Bonchev–Trinajstić information content (AvgIpc) is 2.61. The van der Waals surface area contributed by atoms with Gasteiger partial charge in [-0.2, -0.15) is 9.57 Å². The number of hydrogen-bond donors (Lipinski definition) is 1. The third-order valence-corrected chi connectivity index (χ3v) is 5.59. The summed E-state index contributed by atoms with van der Waals surface area (Å²) in [7, 11) is -1.30. The standard InChI is InChI=1S/C17H16ClN3O4S/c1-21(26(23,24)16-6-4-3-5-12(16)10-19)11-17(22)20-14-9-13(18)7-8-15(14)25-2/h3-9H,11H2,1-2H3,(H,20,22). The predicted molar refractivity (Wildman–Crippen MR) is 97.6 cm³/mol. The summed E-state index contributed by atoms with van der Waals surface area (Å²) in [4.78, 5) is 12.1. The van der Waals surface area contributed by atoms with E-state index >= 15 is 0 Å². The molecule has 0 heterocycles. The van der Waals surface area contributed by atoms with Crippen LogP contribution in [0.2, 0.25) is 5.02 Å². The first-order valence-corrected chi connectivity index (χ1v) is 9.20. The van der Waals surface area contributed by atoms with Crippen LogP contribution in [-0.2, 0) is 14.8 Å².